The molecule has 0 saturated carbocycles. The summed E-state index contributed by atoms with van der Waals surface area (Å²) in [7, 11) is 0. The van der Waals surface area contributed by atoms with Gasteiger partial charge >= 0.3 is 17.9 Å². The second-order valence-electron chi connectivity index (χ2n) is 2.37. The summed E-state index contributed by atoms with van der Waals surface area (Å²) in [5.74, 6) is -4.63. The topological polar surface area (TPSA) is 132 Å². The van der Waals surface area contributed by atoms with E-state index in [1.54, 1.807) is 0 Å². The maximum Gasteiger partial charge on any atom is 0.336 e. The van der Waals surface area contributed by atoms with Gasteiger partial charge in [-0.25, -0.2) is 9.59 Å². The van der Waals surface area contributed by atoms with Crippen LogP contribution in [0.3, 0.4) is 0 Å². The highest BCUT2D eigenvalue weighted by Crippen LogP contribution is 2.08. The molecule has 0 aromatic carbocycles. The predicted octanol–water partition coefficient (Wildman–Crippen LogP) is -1.08. The number of hydrogen-bond donors (Lipinski definition) is 4. The molecular formula is C7H8O7. The number of rotatable bonds is 5. The van der Waals surface area contributed by atoms with Gasteiger partial charge < -0.3 is 20.4 Å². The molecule has 1 unspecified atom stereocenters. The smallest absolute Gasteiger partial charge is 0.336 e. The van der Waals surface area contributed by atoms with Gasteiger partial charge in [0, 0.05) is 6.08 Å². The van der Waals surface area contributed by atoms with E-state index in [0.29, 0.717) is 6.08 Å². The van der Waals surface area contributed by atoms with E-state index in [-0.39, 0.29) is 0 Å². The lowest BCUT2D eigenvalue weighted by atomic mass is 10.1. The Hall–Kier alpha value is -1.89. The molecule has 0 saturated heterocycles. The average Bonchev–Trinajstić information content (AvgIpc) is 1.99. The Morgan fingerprint density at radius 3 is 1.93 bits per heavy atom. The molecule has 0 aromatic heterocycles. The summed E-state index contributed by atoms with van der Waals surface area (Å²) in [6.07, 6.45) is -2.57. The normalized spacial score (nSPS) is 13.4. The van der Waals surface area contributed by atoms with Gasteiger partial charge in [0.1, 0.15) is 0 Å². The minimum absolute atomic E-state index is 0.368. The molecule has 0 aliphatic carbocycles. The summed E-state index contributed by atoms with van der Waals surface area (Å²) < 4.78 is 0. The van der Waals surface area contributed by atoms with Gasteiger partial charge in [-0.2, -0.15) is 0 Å². The van der Waals surface area contributed by atoms with Crippen molar-refractivity contribution in [2.45, 2.75) is 12.5 Å². The third kappa shape index (κ3) is 4.21. The molecule has 0 aliphatic heterocycles. The monoisotopic (exact) mass is 204 g/mol. The van der Waals surface area contributed by atoms with Crippen LogP contribution in [0, 0.1) is 0 Å². The van der Waals surface area contributed by atoms with Gasteiger partial charge in [0.15, 0.2) is 6.10 Å². The molecule has 0 rings (SSSR count). The minimum atomic E-state index is -2.11. The Labute approximate surface area is 77.9 Å². The molecule has 0 fully saturated rings. The van der Waals surface area contributed by atoms with Gasteiger partial charge in [0.05, 0.1) is 6.42 Å². The van der Waals surface area contributed by atoms with Crippen molar-refractivity contribution in [2.24, 2.45) is 0 Å². The number of aliphatic hydroxyl groups excluding tert-OH is 1. The lowest BCUT2D eigenvalue weighted by Gasteiger charge is -2.07. The third-order valence-corrected chi connectivity index (χ3v) is 1.25. The molecule has 0 aliphatic rings. The van der Waals surface area contributed by atoms with Crippen molar-refractivity contribution < 1.29 is 34.8 Å². The quantitative estimate of drug-likeness (QED) is 0.418. The molecule has 0 heterocycles. The Kier molecular flexibility index (Phi) is 4.30. The summed E-state index contributed by atoms with van der Waals surface area (Å²) in [5, 5.41) is 33.7. The second-order valence-corrected chi connectivity index (χ2v) is 2.37. The SMILES string of the molecule is O=C(O)/C=C(\CC(=O)O)C(O)C(=O)O. The molecule has 1 atom stereocenters. The Bertz CT molecular complexity index is 290. The lowest BCUT2D eigenvalue weighted by molar-refractivity contribution is -0.144. The average molecular weight is 204 g/mol. The zero-order valence-electron chi connectivity index (χ0n) is 6.88. The van der Waals surface area contributed by atoms with Crippen LogP contribution in [0.2, 0.25) is 0 Å². The molecule has 14 heavy (non-hydrogen) atoms. The van der Waals surface area contributed by atoms with Crippen molar-refractivity contribution in [3.05, 3.63) is 11.6 Å². The molecule has 0 spiro atoms. The molecule has 4 N–H and O–H groups in total. The standard InChI is InChI=1S/C7H8O7/c8-4(9)1-3(2-5(10)11)6(12)7(13)14/h1,6,12H,2H2,(H,8,9)(H,10,11)(H,13,14)/b3-1+. The zero-order valence-corrected chi connectivity index (χ0v) is 6.88. The van der Waals surface area contributed by atoms with Crippen molar-refractivity contribution in [2.75, 3.05) is 0 Å². The number of carbonyl (C=O) groups is 3. The van der Waals surface area contributed by atoms with Gasteiger partial charge in [0.25, 0.3) is 0 Å². The van der Waals surface area contributed by atoms with Crippen LogP contribution in [-0.4, -0.2) is 44.4 Å². The van der Waals surface area contributed by atoms with E-state index in [0.717, 1.165) is 0 Å². The number of hydrogen-bond acceptors (Lipinski definition) is 4. The van der Waals surface area contributed by atoms with Crippen molar-refractivity contribution in [1.29, 1.82) is 0 Å². The van der Waals surface area contributed by atoms with E-state index < -0.39 is 36.0 Å². The largest absolute Gasteiger partial charge is 0.481 e. The van der Waals surface area contributed by atoms with Crippen LogP contribution in [-0.2, 0) is 14.4 Å². The molecule has 7 nitrogen and oxygen atoms in total. The Morgan fingerprint density at radius 1 is 1.14 bits per heavy atom. The fourth-order valence-electron chi connectivity index (χ4n) is 0.718. The van der Waals surface area contributed by atoms with Crippen molar-refractivity contribution in [1.82, 2.24) is 0 Å². The van der Waals surface area contributed by atoms with Crippen molar-refractivity contribution >= 4 is 17.9 Å². The second kappa shape index (κ2) is 4.97. The fourth-order valence-corrected chi connectivity index (χ4v) is 0.718. The number of carboxylic acids is 3. The highest BCUT2D eigenvalue weighted by molar-refractivity contribution is 5.86. The van der Waals surface area contributed by atoms with E-state index in [9.17, 15) is 14.4 Å². The third-order valence-electron chi connectivity index (χ3n) is 1.25. The Morgan fingerprint density at radius 2 is 1.64 bits per heavy atom. The molecule has 0 aromatic rings. The van der Waals surface area contributed by atoms with E-state index in [1.165, 1.54) is 0 Å². The van der Waals surface area contributed by atoms with Gasteiger partial charge in [-0.15, -0.1) is 0 Å². The summed E-state index contributed by atoms with van der Waals surface area (Å²) >= 11 is 0. The molecular weight excluding hydrogens is 196 g/mol. The Balaban J connectivity index is 4.81. The van der Waals surface area contributed by atoms with Crippen LogP contribution >= 0.6 is 0 Å². The van der Waals surface area contributed by atoms with Crippen molar-refractivity contribution in [3.8, 4) is 0 Å². The van der Waals surface area contributed by atoms with Crippen LogP contribution in [0.4, 0.5) is 0 Å². The van der Waals surface area contributed by atoms with E-state index in [2.05, 4.69) is 0 Å². The van der Waals surface area contributed by atoms with Crippen LogP contribution in [0.25, 0.3) is 0 Å². The number of aliphatic hydroxyl groups is 1. The van der Waals surface area contributed by atoms with Crippen LogP contribution in [0.5, 0.6) is 0 Å². The highest BCUT2D eigenvalue weighted by atomic mass is 16.4. The highest BCUT2D eigenvalue weighted by Gasteiger charge is 2.21. The van der Waals surface area contributed by atoms with Crippen LogP contribution in [0.15, 0.2) is 11.6 Å². The van der Waals surface area contributed by atoms with Gasteiger partial charge in [-0.05, 0) is 5.57 Å². The maximum absolute atomic E-state index is 10.2. The minimum Gasteiger partial charge on any atom is -0.481 e. The molecule has 0 amide bonds. The first-order chi connectivity index (χ1) is 6.34. The summed E-state index contributed by atoms with van der Waals surface area (Å²) in [5.41, 5.74) is -0.586. The molecule has 0 bridgehead atoms. The van der Waals surface area contributed by atoms with Gasteiger partial charge in [-0.3, -0.25) is 4.79 Å². The summed E-state index contributed by atoms with van der Waals surface area (Å²) in [6.45, 7) is 0. The first-order valence-corrected chi connectivity index (χ1v) is 3.40. The number of carboxylic acid groups (broad SMARTS) is 3. The summed E-state index contributed by atoms with van der Waals surface area (Å²) in [4.78, 5) is 30.6. The van der Waals surface area contributed by atoms with Crippen LogP contribution in [0.1, 0.15) is 6.42 Å². The van der Waals surface area contributed by atoms with Crippen LogP contribution < -0.4 is 0 Å². The van der Waals surface area contributed by atoms with Gasteiger partial charge in [0.2, 0.25) is 0 Å². The van der Waals surface area contributed by atoms with Gasteiger partial charge in [-0.1, -0.05) is 0 Å². The first-order valence-electron chi connectivity index (χ1n) is 3.40. The fraction of sp³-hybridized carbons (Fsp3) is 0.286. The molecule has 78 valence electrons. The van der Waals surface area contributed by atoms with E-state index in [1.807, 2.05) is 0 Å². The van der Waals surface area contributed by atoms with Crippen molar-refractivity contribution in [3.63, 3.8) is 0 Å². The zero-order chi connectivity index (χ0) is 11.3. The molecule has 7 heteroatoms. The van der Waals surface area contributed by atoms with E-state index in [4.69, 9.17) is 20.4 Å². The summed E-state index contributed by atoms with van der Waals surface area (Å²) in [6, 6.07) is 0. The predicted molar refractivity (Wildman–Crippen MR) is 41.6 cm³/mol. The first kappa shape index (κ1) is 12.1. The maximum atomic E-state index is 10.2. The lowest BCUT2D eigenvalue weighted by Crippen LogP contribution is -2.24. The van der Waals surface area contributed by atoms with E-state index >= 15 is 0 Å². The number of aliphatic carboxylic acids is 3. The molecule has 0 radical (unpaired) electrons.